The lowest BCUT2D eigenvalue weighted by Gasteiger charge is -1.96. The molecule has 2 rings (SSSR count). The van der Waals surface area contributed by atoms with Crippen molar-refractivity contribution >= 4 is 21.9 Å². The maximum atomic E-state index is 11.8. The summed E-state index contributed by atoms with van der Waals surface area (Å²) in [5.74, 6) is -0.384. The molecule has 0 saturated carbocycles. The molecule has 0 amide bonds. The highest BCUT2D eigenvalue weighted by atomic mass is 32.2. The molecule has 19 heavy (non-hydrogen) atoms. The Hall–Kier alpha value is -2.15. The van der Waals surface area contributed by atoms with E-state index in [0.29, 0.717) is 0 Å². The van der Waals surface area contributed by atoms with Gasteiger partial charge in [0.25, 0.3) is 0 Å². The molecule has 0 aliphatic rings. The van der Waals surface area contributed by atoms with E-state index in [1.54, 1.807) is 0 Å². The Morgan fingerprint density at radius 3 is 2.53 bits per heavy atom. The number of nitrogen functional groups attached to an aromatic ring is 1. The topological polar surface area (TPSA) is 99.1 Å². The van der Waals surface area contributed by atoms with E-state index in [9.17, 15) is 8.42 Å². The minimum atomic E-state index is -3.46. The van der Waals surface area contributed by atoms with Gasteiger partial charge in [-0.2, -0.15) is 0 Å². The van der Waals surface area contributed by atoms with Gasteiger partial charge in [0.15, 0.2) is 9.84 Å². The number of aromatic nitrogens is 2. The van der Waals surface area contributed by atoms with Crippen LogP contribution < -0.4 is 5.73 Å². The Balaban J connectivity index is 2.10. The van der Waals surface area contributed by atoms with Crippen LogP contribution >= 0.6 is 0 Å². The number of hydrogen-bond acceptors (Lipinski definition) is 6. The molecule has 2 N–H and O–H groups in total. The fourth-order valence-corrected chi connectivity index (χ4v) is 2.33. The van der Waals surface area contributed by atoms with Crippen molar-refractivity contribution in [3.63, 3.8) is 0 Å². The Morgan fingerprint density at radius 2 is 1.95 bits per heavy atom. The van der Waals surface area contributed by atoms with Crippen LogP contribution in [-0.2, 0) is 15.6 Å². The monoisotopic (exact) mass is 279 g/mol. The molecule has 0 radical (unpaired) electrons. The fourth-order valence-electron chi connectivity index (χ4n) is 1.40. The van der Waals surface area contributed by atoms with Crippen LogP contribution in [0.2, 0.25) is 0 Å². The van der Waals surface area contributed by atoms with Crippen molar-refractivity contribution in [2.24, 2.45) is 0 Å². The summed E-state index contributed by atoms with van der Waals surface area (Å²) in [5.41, 5.74) is 7.14. The SMILES string of the molecule is Cc1ccc(/C=C\S(=O)(=O)Cc2nnc(N)o2)cc1. The van der Waals surface area contributed by atoms with Gasteiger partial charge < -0.3 is 10.2 Å². The average Bonchev–Trinajstić information content (AvgIpc) is 2.73. The van der Waals surface area contributed by atoms with E-state index in [1.807, 2.05) is 31.2 Å². The molecule has 100 valence electrons. The molecule has 0 bridgehead atoms. The van der Waals surface area contributed by atoms with E-state index in [4.69, 9.17) is 10.2 Å². The number of anilines is 1. The van der Waals surface area contributed by atoms with Crippen LogP contribution in [0.5, 0.6) is 0 Å². The van der Waals surface area contributed by atoms with Crippen LogP contribution in [0, 0.1) is 6.92 Å². The summed E-state index contributed by atoms with van der Waals surface area (Å²) in [7, 11) is -3.46. The Labute approximate surface area is 110 Å². The molecule has 0 aliphatic heterocycles. The predicted molar refractivity (Wildman–Crippen MR) is 71.5 cm³/mol. The van der Waals surface area contributed by atoms with Crippen LogP contribution in [-0.4, -0.2) is 18.6 Å². The van der Waals surface area contributed by atoms with E-state index in [0.717, 1.165) is 16.5 Å². The first kappa shape index (κ1) is 13.3. The van der Waals surface area contributed by atoms with Gasteiger partial charge in [-0.15, -0.1) is 5.10 Å². The maximum absolute atomic E-state index is 11.8. The van der Waals surface area contributed by atoms with Crippen molar-refractivity contribution in [1.82, 2.24) is 10.2 Å². The summed E-state index contributed by atoms with van der Waals surface area (Å²) in [4.78, 5) is 0. The highest BCUT2D eigenvalue weighted by molar-refractivity contribution is 7.93. The normalized spacial score (nSPS) is 12.1. The van der Waals surface area contributed by atoms with E-state index in [1.165, 1.54) is 6.08 Å². The number of hydrogen-bond donors (Lipinski definition) is 1. The zero-order valence-electron chi connectivity index (χ0n) is 10.3. The lowest BCUT2D eigenvalue weighted by atomic mass is 10.2. The molecule has 0 unspecified atom stereocenters. The lowest BCUT2D eigenvalue weighted by Crippen LogP contribution is -2.00. The van der Waals surface area contributed by atoms with Crippen LogP contribution in [0.1, 0.15) is 17.0 Å². The lowest BCUT2D eigenvalue weighted by molar-refractivity contribution is 0.524. The van der Waals surface area contributed by atoms with E-state index >= 15 is 0 Å². The second kappa shape index (κ2) is 5.23. The third-order valence-electron chi connectivity index (χ3n) is 2.35. The van der Waals surface area contributed by atoms with Gasteiger partial charge in [0.1, 0.15) is 5.75 Å². The minimum Gasteiger partial charge on any atom is -0.407 e. The number of nitrogens with two attached hydrogens (primary N) is 1. The number of nitrogens with zero attached hydrogens (tertiary/aromatic N) is 2. The largest absolute Gasteiger partial charge is 0.407 e. The Kier molecular flexibility index (Phi) is 3.66. The van der Waals surface area contributed by atoms with Crippen LogP contribution in [0.25, 0.3) is 6.08 Å². The van der Waals surface area contributed by atoms with Crippen molar-refractivity contribution in [2.45, 2.75) is 12.7 Å². The predicted octanol–water partition coefficient (Wildman–Crippen LogP) is 1.55. The standard InChI is InChI=1S/C12H13N3O3S/c1-9-2-4-10(5-3-9)6-7-19(16,17)8-11-14-15-12(13)18-11/h2-7H,8H2,1H3,(H2,13,15)/b7-6-. The van der Waals surface area contributed by atoms with Crippen LogP contribution in [0.15, 0.2) is 34.1 Å². The van der Waals surface area contributed by atoms with Gasteiger partial charge in [0.05, 0.1) is 0 Å². The molecule has 2 aromatic rings. The highest BCUT2D eigenvalue weighted by Gasteiger charge is 2.13. The molecule has 0 spiro atoms. The first-order valence-electron chi connectivity index (χ1n) is 5.50. The zero-order chi connectivity index (χ0) is 13.9. The van der Waals surface area contributed by atoms with Gasteiger partial charge in [-0.05, 0) is 18.6 Å². The van der Waals surface area contributed by atoms with E-state index < -0.39 is 9.84 Å². The highest BCUT2D eigenvalue weighted by Crippen LogP contribution is 2.10. The Bertz CT molecular complexity index is 687. The Morgan fingerprint density at radius 1 is 1.26 bits per heavy atom. The fraction of sp³-hybridized carbons (Fsp3) is 0.167. The summed E-state index contributed by atoms with van der Waals surface area (Å²) in [6, 6.07) is 7.35. The molecule has 1 aromatic carbocycles. The van der Waals surface area contributed by atoms with E-state index in [2.05, 4.69) is 10.2 Å². The van der Waals surface area contributed by atoms with Crippen LogP contribution in [0.4, 0.5) is 6.01 Å². The number of benzene rings is 1. The summed E-state index contributed by atoms with van der Waals surface area (Å²) in [6.45, 7) is 1.96. The molecular formula is C12H13N3O3S. The number of aryl methyl sites for hydroxylation is 1. The van der Waals surface area contributed by atoms with Crippen LogP contribution in [0.3, 0.4) is 0 Å². The summed E-state index contributed by atoms with van der Waals surface area (Å²) in [6.07, 6.45) is 1.52. The van der Waals surface area contributed by atoms with Crippen molar-refractivity contribution < 1.29 is 12.8 Å². The van der Waals surface area contributed by atoms with Gasteiger partial charge in [-0.3, -0.25) is 0 Å². The second-order valence-electron chi connectivity index (χ2n) is 4.05. The van der Waals surface area contributed by atoms with Gasteiger partial charge in [-0.1, -0.05) is 34.9 Å². The molecule has 0 aliphatic carbocycles. The first-order chi connectivity index (χ1) is 8.94. The van der Waals surface area contributed by atoms with Crippen molar-refractivity contribution in [3.05, 3.63) is 46.7 Å². The first-order valence-corrected chi connectivity index (χ1v) is 7.21. The molecule has 1 heterocycles. The third kappa shape index (κ3) is 3.92. The molecule has 1 aromatic heterocycles. The summed E-state index contributed by atoms with van der Waals surface area (Å²) >= 11 is 0. The quantitative estimate of drug-likeness (QED) is 0.911. The average molecular weight is 279 g/mol. The number of rotatable bonds is 4. The minimum absolute atomic E-state index is 0.0222. The molecule has 7 heteroatoms. The summed E-state index contributed by atoms with van der Waals surface area (Å²) < 4.78 is 28.4. The third-order valence-corrected chi connectivity index (χ3v) is 3.55. The van der Waals surface area contributed by atoms with Gasteiger partial charge in [0, 0.05) is 5.41 Å². The second-order valence-corrected chi connectivity index (χ2v) is 5.94. The zero-order valence-corrected chi connectivity index (χ0v) is 11.1. The van der Waals surface area contributed by atoms with Crippen molar-refractivity contribution in [1.29, 1.82) is 0 Å². The number of sulfone groups is 1. The molecule has 0 atom stereocenters. The van der Waals surface area contributed by atoms with Crippen molar-refractivity contribution in [3.8, 4) is 0 Å². The van der Waals surface area contributed by atoms with Gasteiger partial charge in [0.2, 0.25) is 5.89 Å². The van der Waals surface area contributed by atoms with Gasteiger partial charge in [-0.25, -0.2) is 8.42 Å². The smallest absolute Gasteiger partial charge is 0.312 e. The molecular weight excluding hydrogens is 266 g/mol. The van der Waals surface area contributed by atoms with Gasteiger partial charge >= 0.3 is 6.01 Å². The van der Waals surface area contributed by atoms with E-state index in [-0.39, 0.29) is 17.7 Å². The molecule has 0 fully saturated rings. The summed E-state index contributed by atoms with van der Waals surface area (Å²) in [5, 5.41) is 8.04. The molecule has 0 saturated heterocycles. The van der Waals surface area contributed by atoms with Crippen molar-refractivity contribution in [2.75, 3.05) is 5.73 Å². The molecule has 6 nitrogen and oxygen atoms in total. The maximum Gasteiger partial charge on any atom is 0.312 e.